The summed E-state index contributed by atoms with van der Waals surface area (Å²) in [7, 11) is 0. The molecule has 0 aromatic heterocycles. The van der Waals surface area contributed by atoms with E-state index < -0.39 is 0 Å². The van der Waals surface area contributed by atoms with Crippen LogP contribution in [0.2, 0.25) is 5.02 Å². The molecule has 0 atom stereocenters. The molecule has 1 aromatic rings. The van der Waals surface area contributed by atoms with E-state index in [9.17, 15) is 4.39 Å². The van der Waals surface area contributed by atoms with Crippen LogP contribution in [0.3, 0.4) is 0 Å². The molecule has 0 spiro atoms. The fourth-order valence-corrected chi connectivity index (χ4v) is 2.23. The average molecular weight is 240 g/mol. The Morgan fingerprint density at radius 3 is 2.62 bits per heavy atom. The molecule has 16 heavy (non-hydrogen) atoms. The first-order valence-electron chi connectivity index (χ1n) is 5.56. The van der Waals surface area contributed by atoms with Crippen molar-refractivity contribution in [3.63, 3.8) is 0 Å². The molecule has 1 aromatic carbocycles. The van der Waals surface area contributed by atoms with Crippen LogP contribution in [0.15, 0.2) is 23.8 Å². The molecule has 0 bridgehead atoms. The maximum atomic E-state index is 13.5. The third-order valence-electron chi connectivity index (χ3n) is 3.02. The highest BCUT2D eigenvalue weighted by molar-refractivity contribution is 6.32. The monoisotopic (exact) mass is 239 g/mol. The molecule has 0 heterocycles. The molecule has 1 nitrogen and oxygen atoms in total. The first-order chi connectivity index (χ1) is 7.66. The van der Waals surface area contributed by atoms with E-state index in [2.05, 4.69) is 0 Å². The second-order valence-corrected chi connectivity index (χ2v) is 4.68. The van der Waals surface area contributed by atoms with Crippen LogP contribution in [-0.2, 0) is 0 Å². The fourth-order valence-electron chi connectivity index (χ4n) is 2.01. The number of benzene rings is 1. The molecule has 1 aliphatic carbocycles. The molecule has 2 N–H and O–H groups in total. The van der Waals surface area contributed by atoms with Crippen molar-refractivity contribution in [1.29, 1.82) is 0 Å². The van der Waals surface area contributed by atoms with E-state index in [0.29, 0.717) is 16.6 Å². The Kier molecular flexibility index (Phi) is 3.62. The Morgan fingerprint density at radius 1 is 1.31 bits per heavy atom. The van der Waals surface area contributed by atoms with E-state index in [1.807, 2.05) is 6.08 Å². The van der Waals surface area contributed by atoms with Crippen LogP contribution in [0.1, 0.15) is 31.2 Å². The molecule has 3 heteroatoms. The summed E-state index contributed by atoms with van der Waals surface area (Å²) in [5, 5.41) is 0.474. The minimum atomic E-state index is -0.255. The zero-order valence-corrected chi connectivity index (χ0v) is 9.80. The van der Waals surface area contributed by atoms with Gasteiger partial charge < -0.3 is 5.73 Å². The van der Waals surface area contributed by atoms with Gasteiger partial charge in [-0.2, -0.15) is 0 Å². The van der Waals surface area contributed by atoms with Gasteiger partial charge in [0.1, 0.15) is 5.82 Å². The lowest BCUT2D eigenvalue weighted by Crippen LogP contribution is -2.23. The number of hydrogen-bond acceptors (Lipinski definition) is 1. The van der Waals surface area contributed by atoms with Crippen molar-refractivity contribution in [2.75, 3.05) is 0 Å². The molecular weight excluding hydrogens is 225 g/mol. The Bertz CT molecular complexity index is 384. The van der Waals surface area contributed by atoms with Gasteiger partial charge in [-0.1, -0.05) is 29.3 Å². The number of hydrogen-bond donors (Lipinski definition) is 1. The van der Waals surface area contributed by atoms with Gasteiger partial charge in [-0.3, -0.25) is 0 Å². The molecule has 0 radical (unpaired) electrons. The van der Waals surface area contributed by atoms with Gasteiger partial charge in [0.25, 0.3) is 0 Å². The molecule has 1 saturated carbocycles. The standard InChI is InChI=1S/C13H15ClFN/c14-12-2-1-3-13(15)11(12)8-9-4-6-10(16)7-5-9/h1-3,8,10H,4-7,16H2. The van der Waals surface area contributed by atoms with Crippen molar-refractivity contribution in [1.82, 2.24) is 0 Å². The SMILES string of the molecule is NC1CCC(=Cc2c(F)cccc2Cl)CC1. The van der Waals surface area contributed by atoms with Gasteiger partial charge in [-0.05, 0) is 37.8 Å². The van der Waals surface area contributed by atoms with Crippen LogP contribution in [0, 0.1) is 5.82 Å². The van der Waals surface area contributed by atoms with Crippen molar-refractivity contribution in [2.24, 2.45) is 5.73 Å². The van der Waals surface area contributed by atoms with Crippen molar-refractivity contribution in [3.8, 4) is 0 Å². The Labute approximate surface area is 100 Å². The van der Waals surface area contributed by atoms with E-state index in [-0.39, 0.29) is 5.82 Å². The van der Waals surface area contributed by atoms with Crippen LogP contribution >= 0.6 is 11.6 Å². The predicted octanol–water partition coefficient (Wildman–Crippen LogP) is 3.76. The normalized spacial score (nSPS) is 20.9. The van der Waals surface area contributed by atoms with Gasteiger partial charge >= 0.3 is 0 Å². The Hall–Kier alpha value is -0.860. The Morgan fingerprint density at radius 2 is 2.00 bits per heavy atom. The van der Waals surface area contributed by atoms with E-state index in [0.717, 1.165) is 25.7 Å². The Balaban J connectivity index is 2.22. The predicted molar refractivity (Wildman–Crippen MR) is 65.8 cm³/mol. The van der Waals surface area contributed by atoms with E-state index in [1.54, 1.807) is 12.1 Å². The van der Waals surface area contributed by atoms with Crippen LogP contribution in [0.5, 0.6) is 0 Å². The summed E-state index contributed by atoms with van der Waals surface area (Å²) in [6, 6.07) is 5.07. The quantitative estimate of drug-likeness (QED) is 0.793. The molecular formula is C13H15ClFN. The van der Waals surface area contributed by atoms with E-state index >= 15 is 0 Å². The van der Waals surface area contributed by atoms with Crippen molar-refractivity contribution in [3.05, 3.63) is 40.2 Å². The van der Waals surface area contributed by atoms with Crippen molar-refractivity contribution < 1.29 is 4.39 Å². The topological polar surface area (TPSA) is 26.0 Å². The minimum absolute atomic E-state index is 0.255. The number of allylic oxidation sites excluding steroid dienone is 1. The van der Waals surface area contributed by atoms with Gasteiger partial charge in [-0.15, -0.1) is 0 Å². The number of halogens is 2. The molecule has 2 rings (SSSR count). The summed E-state index contributed by atoms with van der Waals surface area (Å²) in [5.74, 6) is -0.255. The number of nitrogens with two attached hydrogens (primary N) is 1. The maximum Gasteiger partial charge on any atom is 0.131 e. The third kappa shape index (κ3) is 2.63. The largest absolute Gasteiger partial charge is 0.328 e. The lowest BCUT2D eigenvalue weighted by Gasteiger charge is -2.20. The summed E-state index contributed by atoms with van der Waals surface area (Å²) in [4.78, 5) is 0. The fraction of sp³-hybridized carbons (Fsp3) is 0.385. The van der Waals surface area contributed by atoms with E-state index in [4.69, 9.17) is 17.3 Å². The van der Waals surface area contributed by atoms with Crippen molar-refractivity contribution >= 4 is 17.7 Å². The second kappa shape index (κ2) is 4.98. The first kappa shape index (κ1) is 11.6. The van der Waals surface area contributed by atoms with Gasteiger partial charge in [0.15, 0.2) is 0 Å². The van der Waals surface area contributed by atoms with Crippen LogP contribution in [0.4, 0.5) is 4.39 Å². The molecule has 0 unspecified atom stereocenters. The maximum absolute atomic E-state index is 13.5. The van der Waals surface area contributed by atoms with Crippen molar-refractivity contribution in [2.45, 2.75) is 31.7 Å². The molecule has 1 fully saturated rings. The minimum Gasteiger partial charge on any atom is -0.328 e. The van der Waals surface area contributed by atoms with Gasteiger partial charge in [-0.25, -0.2) is 4.39 Å². The lowest BCUT2D eigenvalue weighted by molar-refractivity contribution is 0.514. The molecule has 0 saturated heterocycles. The first-order valence-corrected chi connectivity index (χ1v) is 5.93. The highest BCUT2D eigenvalue weighted by Crippen LogP contribution is 2.28. The second-order valence-electron chi connectivity index (χ2n) is 4.28. The summed E-state index contributed by atoms with van der Waals surface area (Å²) >= 11 is 5.97. The van der Waals surface area contributed by atoms with Crippen LogP contribution in [0.25, 0.3) is 6.08 Å². The summed E-state index contributed by atoms with van der Waals surface area (Å²) in [5.41, 5.74) is 7.58. The highest BCUT2D eigenvalue weighted by atomic mass is 35.5. The van der Waals surface area contributed by atoms with Gasteiger partial charge in [0.05, 0.1) is 5.02 Å². The van der Waals surface area contributed by atoms with Gasteiger partial charge in [0.2, 0.25) is 0 Å². The summed E-state index contributed by atoms with van der Waals surface area (Å²) < 4.78 is 13.5. The zero-order chi connectivity index (χ0) is 11.5. The molecule has 0 amide bonds. The number of rotatable bonds is 1. The zero-order valence-electron chi connectivity index (χ0n) is 9.05. The highest BCUT2D eigenvalue weighted by Gasteiger charge is 2.13. The lowest BCUT2D eigenvalue weighted by atomic mass is 9.90. The van der Waals surface area contributed by atoms with Crippen LogP contribution < -0.4 is 5.73 Å². The van der Waals surface area contributed by atoms with Crippen LogP contribution in [-0.4, -0.2) is 6.04 Å². The molecule has 1 aliphatic rings. The smallest absolute Gasteiger partial charge is 0.131 e. The van der Waals surface area contributed by atoms with Gasteiger partial charge in [0, 0.05) is 11.6 Å². The molecule has 86 valence electrons. The third-order valence-corrected chi connectivity index (χ3v) is 3.35. The molecule has 0 aliphatic heterocycles. The summed E-state index contributed by atoms with van der Waals surface area (Å²) in [6.07, 6.45) is 5.75. The average Bonchev–Trinajstić information content (AvgIpc) is 2.26. The van der Waals surface area contributed by atoms with E-state index in [1.165, 1.54) is 11.6 Å². The summed E-state index contributed by atoms with van der Waals surface area (Å²) in [6.45, 7) is 0.